The van der Waals surface area contributed by atoms with Crippen LogP contribution in [0.2, 0.25) is 5.02 Å². The van der Waals surface area contributed by atoms with E-state index in [-0.39, 0.29) is 11.8 Å². The van der Waals surface area contributed by atoms with Gasteiger partial charge in [0.1, 0.15) is 0 Å². The molecule has 2 aliphatic rings. The molecule has 32 heavy (non-hydrogen) atoms. The fourth-order valence-electron chi connectivity index (χ4n) is 4.61. The summed E-state index contributed by atoms with van der Waals surface area (Å²) in [6, 6.07) is 7.42. The molecule has 1 aromatic heterocycles. The topological polar surface area (TPSA) is 74.5 Å². The Morgan fingerprint density at radius 3 is 2.88 bits per heavy atom. The van der Waals surface area contributed by atoms with Crippen LogP contribution in [0.15, 0.2) is 28.8 Å². The van der Waals surface area contributed by atoms with Gasteiger partial charge in [0.15, 0.2) is 0 Å². The second kappa shape index (κ2) is 11.3. The molecule has 0 spiro atoms. The number of carbonyl (C=O) groups is 1. The molecule has 1 N–H and O–H groups in total. The third kappa shape index (κ3) is 6.53. The monoisotopic (exact) mass is 459 g/mol. The van der Waals surface area contributed by atoms with Crippen molar-refractivity contribution >= 4 is 17.5 Å². The van der Waals surface area contributed by atoms with Crippen LogP contribution in [0.1, 0.15) is 44.9 Å². The Hall–Kier alpha value is -1.96. The van der Waals surface area contributed by atoms with E-state index in [9.17, 15) is 4.79 Å². The molecule has 2 fully saturated rings. The lowest BCUT2D eigenvalue weighted by molar-refractivity contribution is -0.126. The molecule has 7 nitrogen and oxygen atoms in total. The van der Waals surface area contributed by atoms with Gasteiger partial charge in [0.25, 0.3) is 0 Å². The van der Waals surface area contributed by atoms with E-state index in [4.69, 9.17) is 16.1 Å². The molecule has 1 atom stereocenters. The number of amides is 1. The van der Waals surface area contributed by atoms with Crippen molar-refractivity contribution in [3.05, 3.63) is 35.2 Å². The second-order valence-corrected chi connectivity index (χ2v) is 9.70. The van der Waals surface area contributed by atoms with Gasteiger partial charge in [-0.1, -0.05) is 35.8 Å². The van der Waals surface area contributed by atoms with Gasteiger partial charge in [0.2, 0.25) is 17.6 Å². The van der Waals surface area contributed by atoms with Gasteiger partial charge >= 0.3 is 0 Å². The normalized spacial score (nSPS) is 21.0. The third-order valence-corrected chi connectivity index (χ3v) is 6.85. The van der Waals surface area contributed by atoms with Gasteiger partial charge in [-0.3, -0.25) is 9.69 Å². The van der Waals surface area contributed by atoms with Gasteiger partial charge in [0.05, 0.1) is 12.5 Å². The highest BCUT2D eigenvalue weighted by atomic mass is 35.5. The van der Waals surface area contributed by atoms with E-state index in [1.807, 2.05) is 24.3 Å². The molecule has 0 saturated carbocycles. The molecule has 0 radical (unpaired) electrons. The van der Waals surface area contributed by atoms with Gasteiger partial charge in [-0.2, -0.15) is 4.98 Å². The minimum absolute atomic E-state index is 0.0231. The van der Waals surface area contributed by atoms with Crippen LogP contribution in [-0.2, 0) is 11.3 Å². The standard InChI is InChI=1S/C24H34ClN5O2/c1-18-8-13-29(14-9-18)12-4-10-26-24(31)20-6-3-11-30(16-20)17-22-27-23(28-32-22)19-5-2-7-21(25)15-19/h2,5,7,15,18,20H,3-4,6,8-14,16-17H2,1H3,(H,26,31). The quantitative estimate of drug-likeness (QED) is 0.604. The summed E-state index contributed by atoms with van der Waals surface area (Å²) in [6.07, 6.45) is 5.55. The highest BCUT2D eigenvalue weighted by molar-refractivity contribution is 6.30. The highest BCUT2D eigenvalue weighted by Gasteiger charge is 2.27. The van der Waals surface area contributed by atoms with E-state index in [1.165, 1.54) is 25.9 Å². The van der Waals surface area contributed by atoms with E-state index >= 15 is 0 Å². The number of rotatable bonds is 8. The van der Waals surface area contributed by atoms with Crippen LogP contribution in [0.25, 0.3) is 11.4 Å². The number of aromatic nitrogens is 2. The van der Waals surface area contributed by atoms with E-state index in [0.717, 1.165) is 56.9 Å². The van der Waals surface area contributed by atoms with Crippen molar-refractivity contribution in [3.8, 4) is 11.4 Å². The van der Waals surface area contributed by atoms with Crippen molar-refractivity contribution in [3.63, 3.8) is 0 Å². The summed E-state index contributed by atoms with van der Waals surface area (Å²) < 4.78 is 5.45. The third-order valence-electron chi connectivity index (χ3n) is 6.61. The first-order valence-electron chi connectivity index (χ1n) is 11.9. The Balaban J connectivity index is 1.20. The lowest BCUT2D eigenvalue weighted by Gasteiger charge is -2.31. The Bertz CT molecular complexity index is 881. The van der Waals surface area contributed by atoms with Crippen LogP contribution in [-0.4, -0.2) is 65.1 Å². The summed E-state index contributed by atoms with van der Waals surface area (Å²) in [7, 11) is 0. The van der Waals surface area contributed by atoms with E-state index in [0.29, 0.717) is 23.3 Å². The second-order valence-electron chi connectivity index (χ2n) is 9.27. The Morgan fingerprint density at radius 2 is 2.06 bits per heavy atom. The first-order valence-corrected chi connectivity index (χ1v) is 12.3. The lowest BCUT2D eigenvalue weighted by Crippen LogP contribution is -2.43. The largest absolute Gasteiger partial charge is 0.356 e. The molecular weight excluding hydrogens is 426 g/mol. The first kappa shape index (κ1) is 23.2. The predicted molar refractivity (Wildman–Crippen MR) is 125 cm³/mol. The summed E-state index contributed by atoms with van der Waals surface area (Å²) in [4.78, 5) is 22.0. The highest BCUT2D eigenvalue weighted by Crippen LogP contribution is 2.22. The minimum atomic E-state index is 0.0231. The Labute approximate surface area is 195 Å². The van der Waals surface area contributed by atoms with Gasteiger partial charge in [-0.15, -0.1) is 0 Å². The summed E-state index contributed by atoms with van der Waals surface area (Å²) in [5, 5.41) is 7.89. The summed E-state index contributed by atoms with van der Waals surface area (Å²) >= 11 is 6.06. The van der Waals surface area contributed by atoms with Crippen LogP contribution in [0.5, 0.6) is 0 Å². The summed E-state index contributed by atoms with van der Waals surface area (Å²) in [5.41, 5.74) is 0.836. The van der Waals surface area contributed by atoms with Crippen molar-refractivity contribution in [2.75, 3.05) is 39.3 Å². The number of nitrogens with zero attached hydrogens (tertiary/aromatic N) is 4. The maximum Gasteiger partial charge on any atom is 0.241 e. The Kier molecular flexibility index (Phi) is 8.16. The van der Waals surface area contributed by atoms with Crippen LogP contribution in [0, 0.1) is 11.8 Å². The number of carbonyl (C=O) groups excluding carboxylic acids is 1. The lowest BCUT2D eigenvalue weighted by atomic mass is 9.97. The molecule has 8 heteroatoms. The van der Waals surface area contributed by atoms with Gasteiger partial charge in [-0.25, -0.2) is 0 Å². The molecule has 174 valence electrons. The molecule has 4 rings (SSSR count). The van der Waals surface area contributed by atoms with Crippen molar-refractivity contribution < 1.29 is 9.32 Å². The number of hydrogen-bond acceptors (Lipinski definition) is 6. The number of benzene rings is 1. The molecule has 1 aromatic carbocycles. The molecule has 1 unspecified atom stereocenters. The van der Waals surface area contributed by atoms with Crippen molar-refractivity contribution in [2.24, 2.45) is 11.8 Å². The number of halogens is 1. The maximum absolute atomic E-state index is 12.7. The average Bonchev–Trinajstić information content (AvgIpc) is 3.26. The molecule has 2 saturated heterocycles. The SMILES string of the molecule is CC1CCN(CCCNC(=O)C2CCCN(Cc3nc(-c4cccc(Cl)c4)no3)C2)CC1. The summed E-state index contributed by atoms with van der Waals surface area (Å²) in [6.45, 7) is 8.79. The van der Waals surface area contributed by atoms with Crippen LogP contribution in [0.3, 0.4) is 0 Å². The molecule has 0 bridgehead atoms. The van der Waals surface area contributed by atoms with Crippen molar-refractivity contribution in [2.45, 2.75) is 45.6 Å². The first-order chi connectivity index (χ1) is 15.6. The minimum Gasteiger partial charge on any atom is -0.356 e. The number of hydrogen-bond donors (Lipinski definition) is 1. The van der Waals surface area contributed by atoms with Crippen molar-refractivity contribution in [1.29, 1.82) is 0 Å². The van der Waals surface area contributed by atoms with Crippen molar-refractivity contribution in [1.82, 2.24) is 25.3 Å². The molecule has 1 amide bonds. The maximum atomic E-state index is 12.7. The zero-order valence-electron chi connectivity index (χ0n) is 18.9. The van der Waals surface area contributed by atoms with E-state index in [2.05, 4.69) is 32.2 Å². The fourth-order valence-corrected chi connectivity index (χ4v) is 4.80. The van der Waals surface area contributed by atoms with Crippen LogP contribution in [0.4, 0.5) is 0 Å². The molecule has 3 heterocycles. The molecule has 0 aliphatic carbocycles. The number of piperidine rings is 2. The molecular formula is C24H34ClN5O2. The summed E-state index contributed by atoms with van der Waals surface area (Å²) in [5.74, 6) is 2.16. The number of nitrogens with one attached hydrogen (secondary N) is 1. The zero-order chi connectivity index (χ0) is 22.3. The smallest absolute Gasteiger partial charge is 0.241 e. The Morgan fingerprint density at radius 1 is 1.22 bits per heavy atom. The molecule has 2 aliphatic heterocycles. The zero-order valence-corrected chi connectivity index (χ0v) is 19.7. The van der Waals surface area contributed by atoms with Crippen LogP contribution < -0.4 is 5.32 Å². The van der Waals surface area contributed by atoms with Crippen LogP contribution >= 0.6 is 11.6 Å². The van der Waals surface area contributed by atoms with Gasteiger partial charge < -0.3 is 14.7 Å². The molecule has 2 aromatic rings. The fraction of sp³-hybridized carbons (Fsp3) is 0.625. The predicted octanol–water partition coefficient (Wildman–Crippen LogP) is 3.84. The average molecular weight is 460 g/mol. The van der Waals surface area contributed by atoms with Gasteiger partial charge in [-0.05, 0) is 76.3 Å². The van der Waals surface area contributed by atoms with E-state index < -0.39 is 0 Å². The van der Waals surface area contributed by atoms with Gasteiger partial charge in [0, 0.05) is 23.7 Å². The number of likely N-dealkylation sites (tertiary alicyclic amines) is 2. The van der Waals surface area contributed by atoms with E-state index in [1.54, 1.807) is 0 Å².